The highest BCUT2D eigenvalue weighted by atomic mass is 35.5. The van der Waals surface area contributed by atoms with E-state index in [1.807, 2.05) is 18.2 Å². The van der Waals surface area contributed by atoms with E-state index in [4.69, 9.17) is 11.6 Å². The molecule has 0 radical (unpaired) electrons. The third-order valence-corrected chi connectivity index (χ3v) is 2.53. The van der Waals surface area contributed by atoms with Gasteiger partial charge in [-0.15, -0.1) is 0 Å². The van der Waals surface area contributed by atoms with Crippen molar-refractivity contribution in [1.29, 1.82) is 0 Å². The first kappa shape index (κ1) is 10.7. The second-order valence-electron chi connectivity index (χ2n) is 3.31. The van der Waals surface area contributed by atoms with Gasteiger partial charge in [-0.2, -0.15) is 5.10 Å². The Balaban J connectivity index is 2.21. The first-order valence-corrected chi connectivity index (χ1v) is 5.02. The minimum Gasteiger partial charge on any atom is -0.545 e. The molecule has 0 fully saturated rings. The van der Waals surface area contributed by atoms with Gasteiger partial charge in [0.2, 0.25) is 0 Å². The van der Waals surface area contributed by atoms with E-state index in [1.54, 1.807) is 6.07 Å². The third kappa shape index (κ3) is 2.23. The largest absolute Gasteiger partial charge is 0.545 e. The zero-order valence-corrected chi connectivity index (χ0v) is 9.02. The van der Waals surface area contributed by atoms with Crippen LogP contribution in [0, 0.1) is 0 Å². The van der Waals surface area contributed by atoms with Crippen LogP contribution < -0.4 is 5.11 Å². The summed E-state index contributed by atoms with van der Waals surface area (Å²) in [7, 11) is 0. The lowest BCUT2D eigenvalue weighted by Crippen LogP contribution is -2.21. The summed E-state index contributed by atoms with van der Waals surface area (Å²) in [6.45, 7) is 0.437. The molecule has 0 aliphatic carbocycles. The number of hydrogen-bond donors (Lipinski definition) is 0. The van der Waals surface area contributed by atoms with Gasteiger partial charge in [-0.05, 0) is 11.6 Å². The number of rotatable bonds is 3. The number of aromatic carboxylic acids is 1. The summed E-state index contributed by atoms with van der Waals surface area (Å²) in [4.78, 5) is 10.5. The van der Waals surface area contributed by atoms with Crippen molar-refractivity contribution in [2.24, 2.45) is 0 Å². The Labute approximate surface area is 97.1 Å². The first-order valence-electron chi connectivity index (χ1n) is 4.64. The summed E-state index contributed by atoms with van der Waals surface area (Å²) in [6, 6.07) is 7.34. The molecule has 16 heavy (non-hydrogen) atoms. The van der Waals surface area contributed by atoms with Gasteiger partial charge in [0, 0.05) is 16.8 Å². The van der Waals surface area contributed by atoms with Crippen LogP contribution in [0.2, 0.25) is 5.02 Å². The normalized spacial score (nSPS) is 10.3. The SMILES string of the molecule is O=C([O-])c1cnn(Cc2ccccc2Cl)c1. The van der Waals surface area contributed by atoms with Gasteiger partial charge < -0.3 is 9.90 Å². The van der Waals surface area contributed by atoms with Gasteiger partial charge in [0.25, 0.3) is 0 Å². The minimum absolute atomic E-state index is 0.0621. The molecule has 1 aromatic carbocycles. The monoisotopic (exact) mass is 235 g/mol. The Bertz CT molecular complexity index is 522. The predicted molar refractivity (Wildman–Crippen MR) is 57.1 cm³/mol. The van der Waals surface area contributed by atoms with Crippen LogP contribution >= 0.6 is 11.6 Å². The van der Waals surface area contributed by atoms with Crippen molar-refractivity contribution < 1.29 is 9.90 Å². The topological polar surface area (TPSA) is 57.9 Å². The molecule has 0 N–H and O–H groups in total. The lowest BCUT2D eigenvalue weighted by molar-refractivity contribution is -0.255. The van der Waals surface area contributed by atoms with Crippen LogP contribution in [0.4, 0.5) is 0 Å². The molecule has 0 amide bonds. The maximum Gasteiger partial charge on any atom is 0.0746 e. The lowest BCUT2D eigenvalue weighted by Gasteiger charge is -2.03. The molecule has 0 atom stereocenters. The molecule has 5 heteroatoms. The molecule has 0 saturated heterocycles. The number of nitrogens with zero attached hydrogens (tertiary/aromatic N) is 2. The van der Waals surface area contributed by atoms with Gasteiger partial charge in [0.1, 0.15) is 0 Å². The Morgan fingerprint density at radius 2 is 2.19 bits per heavy atom. The van der Waals surface area contributed by atoms with Gasteiger partial charge >= 0.3 is 0 Å². The van der Waals surface area contributed by atoms with Crippen molar-refractivity contribution in [3.8, 4) is 0 Å². The number of aromatic nitrogens is 2. The number of carbonyl (C=O) groups excluding carboxylic acids is 1. The van der Waals surface area contributed by atoms with Crippen molar-refractivity contribution >= 4 is 17.6 Å². The average Bonchev–Trinajstić information content (AvgIpc) is 2.70. The van der Waals surface area contributed by atoms with E-state index in [2.05, 4.69) is 5.10 Å². The van der Waals surface area contributed by atoms with Gasteiger partial charge in [0.15, 0.2) is 0 Å². The van der Waals surface area contributed by atoms with Gasteiger partial charge in [-0.25, -0.2) is 0 Å². The molecule has 1 heterocycles. The number of carboxylic acid groups (broad SMARTS) is 1. The molecule has 2 rings (SSSR count). The first-order chi connectivity index (χ1) is 7.66. The maximum absolute atomic E-state index is 10.5. The van der Waals surface area contributed by atoms with Crippen molar-refractivity contribution in [2.75, 3.05) is 0 Å². The molecule has 2 aromatic rings. The van der Waals surface area contributed by atoms with Crippen LogP contribution in [0.5, 0.6) is 0 Å². The molecule has 0 bridgehead atoms. The van der Waals surface area contributed by atoms with Crippen LogP contribution in [0.3, 0.4) is 0 Å². The lowest BCUT2D eigenvalue weighted by atomic mass is 10.2. The van der Waals surface area contributed by atoms with Gasteiger partial charge in [0.05, 0.1) is 18.7 Å². The Morgan fingerprint density at radius 1 is 1.44 bits per heavy atom. The summed E-state index contributed by atoms with van der Waals surface area (Å²) in [5, 5.41) is 15.1. The smallest absolute Gasteiger partial charge is 0.0746 e. The fourth-order valence-corrected chi connectivity index (χ4v) is 1.55. The van der Waals surface area contributed by atoms with E-state index in [0.29, 0.717) is 11.6 Å². The zero-order chi connectivity index (χ0) is 11.5. The van der Waals surface area contributed by atoms with Gasteiger partial charge in [-0.3, -0.25) is 4.68 Å². The van der Waals surface area contributed by atoms with E-state index >= 15 is 0 Å². The highest BCUT2D eigenvalue weighted by molar-refractivity contribution is 6.31. The van der Waals surface area contributed by atoms with Crippen LogP contribution in [-0.2, 0) is 6.54 Å². The highest BCUT2D eigenvalue weighted by Crippen LogP contribution is 2.15. The average molecular weight is 236 g/mol. The van der Waals surface area contributed by atoms with Crippen LogP contribution in [0.1, 0.15) is 15.9 Å². The van der Waals surface area contributed by atoms with E-state index in [1.165, 1.54) is 17.1 Å². The third-order valence-electron chi connectivity index (χ3n) is 2.16. The van der Waals surface area contributed by atoms with Crippen molar-refractivity contribution in [3.05, 3.63) is 52.8 Å². The molecule has 0 spiro atoms. The summed E-state index contributed by atoms with van der Waals surface area (Å²) in [6.07, 6.45) is 2.67. The Kier molecular flexibility index (Phi) is 2.92. The van der Waals surface area contributed by atoms with E-state index < -0.39 is 5.97 Å². The second-order valence-corrected chi connectivity index (χ2v) is 3.71. The minimum atomic E-state index is -1.23. The Morgan fingerprint density at radius 3 is 2.81 bits per heavy atom. The summed E-state index contributed by atoms with van der Waals surface area (Å²) >= 11 is 5.97. The highest BCUT2D eigenvalue weighted by Gasteiger charge is 2.02. The maximum atomic E-state index is 10.5. The molecular formula is C11H8ClN2O2-. The molecule has 1 aromatic heterocycles. The summed E-state index contributed by atoms with van der Waals surface area (Å²) in [5.74, 6) is -1.23. The van der Waals surface area contributed by atoms with Crippen LogP contribution in [0.25, 0.3) is 0 Å². The fourth-order valence-electron chi connectivity index (χ4n) is 1.36. The molecule has 0 unspecified atom stereocenters. The quantitative estimate of drug-likeness (QED) is 0.796. The predicted octanol–water partition coefficient (Wildman–Crippen LogP) is 0.948. The second kappa shape index (κ2) is 4.37. The van der Waals surface area contributed by atoms with E-state index in [-0.39, 0.29) is 5.56 Å². The van der Waals surface area contributed by atoms with E-state index in [0.717, 1.165) is 5.56 Å². The summed E-state index contributed by atoms with van der Waals surface area (Å²) < 4.78 is 1.51. The zero-order valence-electron chi connectivity index (χ0n) is 8.26. The number of halogens is 1. The van der Waals surface area contributed by atoms with Gasteiger partial charge in [-0.1, -0.05) is 29.8 Å². The van der Waals surface area contributed by atoms with Crippen molar-refractivity contribution in [2.45, 2.75) is 6.54 Å². The number of carbonyl (C=O) groups is 1. The summed E-state index contributed by atoms with van der Waals surface area (Å²) in [5.41, 5.74) is 0.948. The number of carboxylic acids is 1. The van der Waals surface area contributed by atoms with Crippen molar-refractivity contribution in [3.63, 3.8) is 0 Å². The number of hydrogen-bond acceptors (Lipinski definition) is 3. The standard InChI is InChI=1S/C11H9ClN2O2/c12-10-4-2-1-3-8(10)6-14-7-9(5-13-14)11(15)16/h1-5,7H,6H2,(H,15,16)/p-1. The molecule has 82 valence electrons. The Hall–Kier alpha value is -1.81. The van der Waals surface area contributed by atoms with Crippen molar-refractivity contribution in [1.82, 2.24) is 9.78 Å². The van der Waals surface area contributed by atoms with Crippen LogP contribution in [-0.4, -0.2) is 15.7 Å². The molecule has 4 nitrogen and oxygen atoms in total. The fraction of sp³-hybridized carbons (Fsp3) is 0.0909. The molecule has 0 saturated carbocycles. The van der Waals surface area contributed by atoms with Crippen LogP contribution in [0.15, 0.2) is 36.7 Å². The molecule has 0 aliphatic rings. The molecule has 0 aliphatic heterocycles. The van der Waals surface area contributed by atoms with E-state index in [9.17, 15) is 9.90 Å². The number of benzene rings is 1. The molecular weight excluding hydrogens is 228 g/mol.